The molecule has 1 aliphatic heterocycles. The van der Waals surface area contributed by atoms with Crippen LogP contribution >= 0.6 is 0 Å². The minimum atomic E-state index is 0.192. The van der Waals surface area contributed by atoms with Crippen LogP contribution in [-0.4, -0.2) is 34.5 Å². The van der Waals surface area contributed by atoms with Crippen LogP contribution in [0.5, 0.6) is 0 Å². The quantitative estimate of drug-likeness (QED) is 0.707. The molecule has 0 aromatic carbocycles. The van der Waals surface area contributed by atoms with Crippen LogP contribution in [0.25, 0.3) is 0 Å². The standard InChI is InChI=1S/C13H26N2/c1-7-8-14-9-12(11(2)3)15(10-14)13(4,5)6/h11-12H,7-9H2,1-6H3/t12-/m1/s1. The van der Waals surface area contributed by atoms with Gasteiger partial charge in [-0.3, -0.25) is 9.80 Å². The van der Waals surface area contributed by atoms with Crippen molar-refractivity contribution in [3.05, 3.63) is 6.67 Å². The van der Waals surface area contributed by atoms with Crippen molar-refractivity contribution in [1.82, 2.24) is 9.80 Å². The van der Waals surface area contributed by atoms with Gasteiger partial charge < -0.3 is 0 Å². The van der Waals surface area contributed by atoms with E-state index < -0.39 is 0 Å². The first kappa shape index (κ1) is 13.0. The molecule has 0 N–H and O–H groups in total. The molecule has 2 nitrogen and oxygen atoms in total. The molecule has 0 bridgehead atoms. The van der Waals surface area contributed by atoms with Crippen molar-refractivity contribution in [2.45, 2.75) is 59.5 Å². The van der Waals surface area contributed by atoms with Gasteiger partial charge in [-0.1, -0.05) is 20.8 Å². The summed E-state index contributed by atoms with van der Waals surface area (Å²) in [4.78, 5) is 4.75. The van der Waals surface area contributed by atoms with E-state index in [1.807, 2.05) is 0 Å². The summed E-state index contributed by atoms with van der Waals surface area (Å²) in [6.45, 7) is 19.5. The predicted molar refractivity (Wildman–Crippen MR) is 65.3 cm³/mol. The van der Waals surface area contributed by atoms with Crippen LogP contribution in [-0.2, 0) is 0 Å². The third kappa shape index (κ3) is 3.18. The van der Waals surface area contributed by atoms with Gasteiger partial charge in [-0.05, 0) is 39.7 Å². The highest BCUT2D eigenvalue weighted by Crippen LogP contribution is 2.30. The molecule has 0 spiro atoms. The highest BCUT2D eigenvalue weighted by Gasteiger charge is 2.39. The maximum absolute atomic E-state index is 3.53. The topological polar surface area (TPSA) is 6.48 Å². The molecule has 1 saturated heterocycles. The monoisotopic (exact) mass is 210 g/mol. The maximum atomic E-state index is 3.53. The number of rotatable bonds is 3. The van der Waals surface area contributed by atoms with Gasteiger partial charge in [0, 0.05) is 18.1 Å². The predicted octanol–water partition coefficient (Wildman–Crippen LogP) is 2.83. The Morgan fingerprint density at radius 1 is 1.33 bits per heavy atom. The van der Waals surface area contributed by atoms with Gasteiger partial charge in [-0.2, -0.15) is 0 Å². The molecule has 0 amide bonds. The van der Waals surface area contributed by atoms with Crippen LogP contribution in [0.4, 0.5) is 0 Å². The van der Waals surface area contributed by atoms with Crippen molar-refractivity contribution in [3.63, 3.8) is 0 Å². The van der Waals surface area contributed by atoms with E-state index in [1.165, 1.54) is 6.42 Å². The fraction of sp³-hybridized carbons (Fsp3) is 0.923. The average molecular weight is 210 g/mol. The molecule has 0 saturated carbocycles. The van der Waals surface area contributed by atoms with Crippen molar-refractivity contribution >= 4 is 0 Å². The average Bonchev–Trinajstić information content (AvgIpc) is 2.48. The molecule has 0 aromatic rings. The van der Waals surface area contributed by atoms with E-state index >= 15 is 0 Å². The van der Waals surface area contributed by atoms with Crippen LogP contribution in [0.15, 0.2) is 0 Å². The van der Waals surface area contributed by atoms with Crippen molar-refractivity contribution in [2.75, 3.05) is 13.1 Å². The molecular weight excluding hydrogens is 184 g/mol. The van der Waals surface area contributed by atoms with Gasteiger partial charge in [0.15, 0.2) is 0 Å². The minimum absolute atomic E-state index is 0.192. The molecule has 2 radical (unpaired) electrons. The minimum Gasteiger partial charge on any atom is -0.278 e. The third-order valence-corrected chi connectivity index (χ3v) is 2.97. The van der Waals surface area contributed by atoms with Crippen LogP contribution < -0.4 is 0 Å². The second kappa shape index (κ2) is 4.84. The van der Waals surface area contributed by atoms with Crippen molar-refractivity contribution in [2.24, 2.45) is 5.92 Å². The highest BCUT2D eigenvalue weighted by atomic mass is 15.4. The first-order valence-corrected chi connectivity index (χ1v) is 6.16. The lowest BCUT2D eigenvalue weighted by atomic mass is 9.98. The summed E-state index contributed by atoms with van der Waals surface area (Å²) in [6, 6.07) is 0.622. The molecule has 1 fully saturated rings. The summed E-state index contributed by atoms with van der Waals surface area (Å²) in [6.07, 6.45) is 1.20. The van der Waals surface area contributed by atoms with Crippen LogP contribution in [0.3, 0.4) is 0 Å². The highest BCUT2D eigenvalue weighted by molar-refractivity contribution is 4.97. The van der Waals surface area contributed by atoms with E-state index in [1.54, 1.807) is 0 Å². The lowest BCUT2D eigenvalue weighted by Crippen LogP contribution is -2.45. The van der Waals surface area contributed by atoms with Gasteiger partial charge in [0.25, 0.3) is 0 Å². The molecule has 1 heterocycles. The molecule has 1 atom stereocenters. The van der Waals surface area contributed by atoms with E-state index in [4.69, 9.17) is 0 Å². The summed E-state index contributed by atoms with van der Waals surface area (Å²) in [5, 5.41) is 0. The zero-order chi connectivity index (χ0) is 11.6. The maximum Gasteiger partial charge on any atom is 0.147 e. The Balaban J connectivity index is 2.68. The third-order valence-electron chi connectivity index (χ3n) is 2.97. The van der Waals surface area contributed by atoms with Crippen LogP contribution in [0, 0.1) is 12.6 Å². The van der Waals surface area contributed by atoms with Crippen molar-refractivity contribution < 1.29 is 0 Å². The smallest absolute Gasteiger partial charge is 0.147 e. The fourth-order valence-electron chi connectivity index (χ4n) is 2.14. The largest absolute Gasteiger partial charge is 0.278 e. The molecule has 1 rings (SSSR count). The summed E-state index contributed by atoms with van der Waals surface area (Å²) < 4.78 is 0. The Morgan fingerprint density at radius 3 is 2.27 bits per heavy atom. The van der Waals surface area contributed by atoms with Gasteiger partial charge in [0.2, 0.25) is 0 Å². The summed E-state index contributed by atoms with van der Waals surface area (Å²) in [5.41, 5.74) is 0.192. The molecule has 88 valence electrons. The summed E-state index contributed by atoms with van der Waals surface area (Å²) in [5.74, 6) is 0.693. The molecule has 15 heavy (non-hydrogen) atoms. The van der Waals surface area contributed by atoms with Crippen molar-refractivity contribution in [1.29, 1.82) is 0 Å². The Hall–Kier alpha value is -0.0800. The Bertz CT molecular complexity index is 193. The molecule has 0 unspecified atom stereocenters. The van der Waals surface area contributed by atoms with E-state index in [0.29, 0.717) is 12.0 Å². The molecular formula is C13H26N2. The Labute approximate surface area is 95.6 Å². The van der Waals surface area contributed by atoms with Gasteiger partial charge in [-0.25, -0.2) is 0 Å². The van der Waals surface area contributed by atoms with Crippen LogP contribution in [0.1, 0.15) is 48.0 Å². The van der Waals surface area contributed by atoms with Gasteiger partial charge >= 0.3 is 0 Å². The second-order valence-corrected chi connectivity index (χ2v) is 5.90. The van der Waals surface area contributed by atoms with Gasteiger partial charge in [0.1, 0.15) is 6.67 Å². The SMILES string of the molecule is CCCN1[C]N(C(C)(C)C)[C@@H](C(C)C)C1. The second-order valence-electron chi connectivity index (χ2n) is 5.90. The zero-order valence-electron chi connectivity index (χ0n) is 11.2. The van der Waals surface area contributed by atoms with Gasteiger partial charge in [-0.15, -0.1) is 0 Å². The van der Waals surface area contributed by atoms with Gasteiger partial charge in [0.05, 0.1) is 0 Å². The lowest BCUT2D eigenvalue weighted by molar-refractivity contribution is 0.122. The van der Waals surface area contributed by atoms with E-state index in [2.05, 4.69) is 58.0 Å². The van der Waals surface area contributed by atoms with E-state index in [9.17, 15) is 0 Å². The lowest BCUT2D eigenvalue weighted by Gasteiger charge is -2.37. The number of nitrogens with zero attached hydrogens (tertiary/aromatic N) is 2. The fourth-order valence-corrected chi connectivity index (χ4v) is 2.14. The molecule has 0 aromatic heterocycles. The first-order chi connectivity index (χ1) is 6.86. The molecule has 0 aliphatic carbocycles. The summed E-state index contributed by atoms with van der Waals surface area (Å²) >= 11 is 0. The summed E-state index contributed by atoms with van der Waals surface area (Å²) in [7, 11) is 0. The Kier molecular flexibility index (Phi) is 4.19. The van der Waals surface area contributed by atoms with E-state index in [-0.39, 0.29) is 5.54 Å². The zero-order valence-corrected chi connectivity index (χ0v) is 11.2. The van der Waals surface area contributed by atoms with Crippen LogP contribution in [0.2, 0.25) is 0 Å². The molecule has 1 aliphatic rings. The van der Waals surface area contributed by atoms with Crippen molar-refractivity contribution in [3.8, 4) is 0 Å². The normalized spacial score (nSPS) is 25.4. The first-order valence-electron chi connectivity index (χ1n) is 6.16. The van der Waals surface area contributed by atoms with E-state index in [0.717, 1.165) is 13.1 Å². The number of hydrogen-bond donors (Lipinski definition) is 0. The molecule has 2 heteroatoms. The number of hydrogen-bond acceptors (Lipinski definition) is 2. The Morgan fingerprint density at radius 2 is 1.93 bits per heavy atom.